The summed E-state index contributed by atoms with van der Waals surface area (Å²) in [6, 6.07) is 8.23. The molecule has 7 heteroatoms. The number of para-hydroxylation sites is 1. The third kappa shape index (κ3) is 3.56. The van der Waals surface area contributed by atoms with E-state index in [2.05, 4.69) is 32.2 Å². The van der Waals surface area contributed by atoms with Gasteiger partial charge in [-0.3, -0.25) is 14.7 Å². The standard InChI is InChI=1S/C20H27N5O2/c1-2-24-12-10-14-7-8-15(13-24)25(14)18(26)9-11-21-20(27)19-16-5-3-4-6-17(16)22-23-19/h3-6,14-15H,2,7-13H2,1H3,(H,21,27)(H,22,23)/t14-,15+/m1/s1. The second-order valence-corrected chi connectivity index (χ2v) is 7.49. The number of likely N-dealkylation sites (tertiary alicyclic amines) is 1. The highest BCUT2D eigenvalue weighted by atomic mass is 16.2. The molecule has 0 spiro atoms. The fraction of sp³-hybridized carbons (Fsp3) is 0.550. The average molecular weight is 369 g/mol. The highest BCUT2D eigenvalue weighted by Gasteiger charge is 2.39. The van der Waals surface area contributed by atoms with Gasteiger partial charge in [-0.05, 0) is 31.9 Å². The molecule has 7 nitrogen and oxygen atoms in total. The summed E-state index contributed by atoms with van der Waals surface area (Å²) < 4.78 is 0. The van der Waals surface area contributed by atoms with Crippen molar-refractivity contribution in [2.75, 3.05) is 26.2 Å². The van der Waals surface area contributed by atoms with Crippen LogP contribution in [-0.4, -0.2) is 70.1 Å². The van der Waals surface area contributed by atoms with E-state index < -0.39 is 0 Å². The number of rotatable bonds is 5. The minimum atomic E-state index is -0.240. The first-order valence-corrected chi connectivity index (χ1v) is 9.92. The molecule has 27 heavy (non-hydrogen) atoms. The Labute approximate surface area is 159 Å². The number of aromatic nitrogens is 2. The Morgan fingerprint density at radius 1 is 1.22 bits per heavy atom. The van der Waals surface area contributed by atoms with Gasteiger partial charge in [0.25, 0.3) is 5.91 Å². The first-order chi connectivity index (χ1) is 13.2. The summed E-state index contributed by atoms with van der Waals surface area (Å²) in [5.41, 5.74) is 1.21. The normalized spacial score (nSPS) is 22.8. The molecule has 1 aromatic heterocycles. The van der Waals surface area contributed by atoms with Crippen LogP contribution in [0.5, 0.6) is 0 Å². The minimum absolute atomic E-state index is 0.160. The summed E-state index contributed by atoms with van der Waals surface area (Å²) in [5.74, 6) is -0.0797. The van der Waals surface area contributed by atoms with Crippen molar-refractivity contribution in [3.05, 3.63) is 30.0 Å². The Bertz CT molecular complexity index is 833. The predicted octanol–water partition coefficient (Wildman–Crippen LogP) is 1.77. The Kier molecular flexibility index (Phi) is 5.11. The first-order valence-electron chi connectivity index (χ1n) is 9.92. The number of H-pyrrole nitrogens is 1. The number of hydrogen-bond donors (Lipinski definition) is 2. The fourth-order valence-corrected chi connectivity index (χ4v) is 4.47. The number of nitrogens with zero attached hydrogens (tertiary/aromatic N) is 3. The van der Waals surface area contributed by atoms with E-state index in [1.165, 1.54) is 0 Å². The number of benzene rings is 1. The van der Waals surface area contributed by atoms with E-state index in [0.717, 1.165) is 49.8 Å². The van der Waals surface area contributed by atoms with Crippen LogP contribution in [0.2, 0.25) is 0 Å². The number of amides is 2. The fourth-order valence-electron chi connectivity index (χ4n) is 4.47. The molecule has 144 valence electrons. The summed E-state index contributed by atoms with van der Waals surface area (Å²) in [7, 11) is 0. The van der Waals surface area contributed by atoms with E-state index in [-0.39, 0.29) is 11.8 Å². The van der Waals surface area contributed by atoms with Crippen LogP contribution < -0.4 is 5.32 Å². The van der Waals surface area contributed by atoms with Crippen LogP contribution >= 0.6 is 0 Å². The minimum Gasteiger partial charge on any atom is -0.350 e. The van der Waals surface area contributed by atoms with Crippen LogP contribution in [-0.2, 0) is 4.79 Å². The molecule has 0 unspecified atom stereocenters. The molecular formula is C20H27N5O2. The summed E-state index contributed by atoms with van der Waals surface area (Å²) in [6.07, 6.45) is 3.60. The molecule has 4 rings (SSSR count). The van der Waals surface area contributed by atoms with Gasteiger partial charge in [0.1, 0.15) is 0 Å². The van der Waals surface area contributed by atoms with Crippen molar-refractivity contribution in [1.29, 1.82) is 0 Å². The quantitative estimate of drug-likeness (QED) is 0.842. The number of hydrogen-bond acceptors (Lipinski definition) is 4. The monoisotopic (exact) mass is 369 g/mol. The van der Waals surface area contributed by atoms with E-state index in [1.807, 2.05) is 24.3 Å². The second-order valence-electron chi connectivity index (χ2n) is 7.49. The summed E-state index contributed by atoms with van der Waals surface area (Å²) in [6.45, 7) is 5.61. The van der Waals surface area contributed by atoms with Crippen LogP contribution in [0.25, 0.3) is 10.9 Å². The van der Waals surface area contributed by atoms with E-state index >= 15 is 0 Å². The lowest BCUT2D eigenvalue weighted by Gasteiger charge is -2.29. The van der Waals surface area contributed by atoms with Crippen LogP contribution in [0.15, 0.2) is 24.3 Å². The highest BCUT2D eigenvalue weighted by molar-refractivity contribution is 6.04. The van der Waals surface area contributed by atoms with Gasteiger partial charge in [0.2, 0.25) is 5.91 Å². The van der Waals surface area contributed by atoms with Gasteiger partial charge in [0.05, 0.1) is 5.52 Å². The SMILES string of the molecule is CCN1CC[C@H]2CC[C@@H](C1)N2C(=O)CCNC(=O)c1n[nH]c2ccccc12. The summed E-state index contributed by atoms with van der Waals surface area (Å²) >= 11 is 0. The number of aromatic amines is 1. The van der Waals surface area contributed by atoms with Crippen LogP contribution in [0.1, 0.15) is 43.1 Å². The van der Waals surface area contributed by atoms with Gasteiger partial charge in [-0.1, -0.05) is 25.1 Å². The van der Waals surface area contributed by atoms with Crippen molar-refractivity contribution < 1.29 is 9.59 Å². The van der Waals surface area contributed by atoms with Gasteiger partial charge in [-0.2, -0.15) is 5.10 Å². The lowest BCUT2D eigenvalue weighted by molar-refractivity contribution is -0.133. The Morgan fingerprint density at radius 3 is 2.89 bits per heavy atom. The Morgan fingerprint density at radius 2 is 2.04 bits per heavy atom. The number of fused-ring (bicyclic) bond motifs is 3. The molecule has 2 atom stereocenters. The zero-order valence-corrected chi connectivity index (χ0v) is 15.8. The molecule has 2 saturated heterocycles. The van der Waals surface area contributed by atoms with Crippen LogP contribution in [0.4, 0.5) is 0 Å². The van der Waals surface area contributed by atoms with Gasteiger partial charge in [0, 0.05) is 43.5 Å². The zero-order valence-electron chi connectivity index (χ0n) is 15.8. The number of likely N-dealkylation sites (N-methyl/N-ethyl adjacent to an activating group) is 1. The number of carbonyl (C=O) groups is 2. The molecule has 2 amide bonds. The molecule has 2 aliphatic rings. The van der Waals surface area contributed by atoms with Crippen LogP contribution in [0.3, 0.4) is 0 Å². The highest BCUT2D eigenvalue weighted by Crippen LogP contribution is 2.30. The van der Waals surface area contributed by atoms with Crippen molar-refractivity contribution in [1.82, 2.24) is 25.3 Å². The average Bonchev–Trinajstić information content (AvgIpc) is 3.22. The number of carbonyl (C=O) groups excluding carboxylic acids is 2. The number of nitrogens with one attached hydrogen (secondary N) is 2. The molecule has 2 fully saturated rings. The topological polar surface area (TPSA) is 81.3 Å². The van der Waals surface area contributed by atoms with Crippen molar-refractivity contribution in [2.24, 2.45) is 0 Å². The molecular weight excluding hydrogens is 342 g/mol. The molecule has 3 heterocycles. The Hall–Kier alpha value is -2.41. The van der Waals surface area contributed by atoms with Crippen molar-refractivity contribution in [3.63, 3.8) is 0 Å². The predicted molar refractivity (Wildman–Crippen MR) is 103 cm³/mol. The zero-order chi connectivity index (χ0) is 18.8. The van der Waals surface area contributed by atoms with E-state index in [1.54, 1.807) is 0 Å². The van der Waals surface area contributed by atoms with Crippen molar-refractivity contribution in [2.45, 2.75) is 44.7 Å². The largest absolute Gasteiger partial charge is 0.350 e. The lowest BCUT2D eigenvalue weighted by Crippen LogP contribution is -2.44. The van der Waals surface area contributed by atoms with E-state index in [0.29, 0.717) is 30.7 Å². The smallest absolute Gasteiger partial charge is 0.272 e. The van der Waals surface area contributed by atoms with Gasteiger partial charge >= 0.3 is 0 Å². The summed E-state index contributed by atoms with van der Waals surface area (Å²) in [4.78, 5) is 29.8. The molecule has 2 aromatic rings. The van der Waals surface area contributed by atoms with E-state index in [9.17, 15) is 9.59 Å². The summed E-state index contributed by atoms with van der Waals surface area (Å²) in [5, 5.41) is 10.6. The van der Waals surface area contributed by atoms with Gasteiger partial charge in [0.15, 0.2) is 5.69 Å². The Balaban J connectivity index is 1.34. The van der Waals surface area contributed by atoms with Crippen molar-refractivity contribution >= 4 is 22.7 Å². The lowest BCUT2D eigenvalue weighted by atomic mass is 10.1. The molecule has 2 bridgehead atoms. The third-order valence-electron chi connectivity index (χ3n) is 5.91. The third-order valence-corrected chi connectivity index (χ3v) is 5.91. The molecule has 2 N–H and O–H groups in total. The molecule has 0 saturated carbocycles. The van der Waals surface area contributed by atoms with Gasteiger partial charge in [-0.15, -0.1) is 0 Å². The van der Waals surface area contributed by atoms with Crippen LogP contribution in [0, 0.1) is 0 Å². The first kappa shape index (κ1) is 18.0. The maximum absolute atomic E-state index is 12.8. The molecule has 2 aliphatic heterocycles. The second kappa shape index (κ2) is 7.68. The van der Waals surface area contributed by atoms with E-state index in [4.69, 9.17) is 0 Å². The molecule has 0 radical (unpaired) electrons. The van der Waals surface area contributed by atoms with Crippen molar-refractivity contribution in [3.8, 4) is 0 Å². The van der Waals surface area contributed by atoms with Gasteiger partial charge in [-0.25, -0.2) is 0 Å². The maximum Gasteiger partial charge on any atom is 0.272 e. The molecule has 1 aromatic carbocycles. The maximum atomic E-state index is 12.8. The molecule has 0 aliphatic carbocycles. The van der Waals surface area contributed by atoms with Gasteiger partial charge < -0.3 is 15.1 Å².